The van der Waals surface area contributed by atoms with Crippen molar-refractivity contribution in [3.8, 4) is 0 Å². The number of carbonyl (C=O) groups is 1. The first-order valence-corrected chi connectivity index (χ1v) is 6.22. The topological polar surface area (TPSA) is 49.3 Å². The smallest absolute Gasteiger partial charge is 0.303 e. The highest BCUT2D eigenvalue weighted by molar-refractivity contribution is 5.66. The first kappa shape index (κ1) is 13.7. The summed E-state index contributed by atoms with van der Waals surface area (Å²) in [5, 5.41) is 11.7. The second-order valence-corrected chi connectivity index (χ2v) is 4.17. The molecule has 0 radical (unpaired) electrons. The number of aliphatic carboxylic acids is 1. The third kappa shape index (κ3) is 6.07. The number of carboxylic acid groups (broad SMARTS) is 1. The highest BCUT2D eigenvalue weighted by Gasteiger charge is 1.96. The zero-order valence-corrected chi connectivity index (χ0v) is 10.4. The Bertz CT molecular complexity index is 333. The van der Waals surface area contributed by atoms with Gasteiger partial charge in [-0.25, -0.2) is 0 Å². The summed E-state index contributed by atoms with van der Waals surface area (Å²) in [6.07, 6.45) is 3.02. The maximum Gasteiger partial charge on any atom is 0.303 e. The summed E-state index contributed by atoms with van der Waals surface area (Å²) in [4.78, 5) is 10.3. The predicted octanol–water partition coefficient (Wildman–Crippen LogP) is 2.25. The summed E-state index contributed by atoms with van der Waals surface area (Å²) >= 11 is 0. The molecule has 0 aliphatic rings. The molecule has 0 aromatic heterocycles. The lowest BCUT2D eigenvalue weighted by Crippen LogP contribution is -2.19. The maximum absolute atomic E-state index is 10.3. The van der Waals surface area contributed by atoms with Gasteiger partial charge < -0.3 is 10.4 Å². The summed E-state index contributed by atoms with van der Waals surface area (Å²) < 4.78 is 0. The molecule has 0 amide bonds. The molecule has 1 rings (SSSR count). The van der Waals surface area contributed by atoms with Crippen LogP contribution in [-0.4, -0.2) is 24.2 Å². The third-order valence-electron chi connectivity index (χ3n) is 2.77. The summed E-state index contributed by atoms with van der Waals surface area (Å²) in [5.41, 5.74) is 2.69. The van der Waals surface area contributed by atoms with Gasteiger partial charge in [-0.1, -0.05) is 31.2 Å². The molecule has 1 aromatic rings. The number of benzene rings is 1. The second-order valence-electron chi connectivity index (χ2n) is 4.17. The molecular weight excluding hydrogens is 214 g/mol. The van der Waals surface area contributed by atoms with Gasteiger partial charge in [-0.3, -0.25) is 4.79 Å². The van der Waals surface area contributed by atoms with Gasteiger partial charge >= 0.3 is 5.97 Å². The lowest BCUT2D eigenvalue weighted by Gasteiger charge is -2.05. The first-order chi connectivity index (χ1) is 8.22. The average molecular weight is 235 g/mol. The Morgan fingerprint density at radius 3 is 2.41 bits per heavy atom. The molecule has 0 spiro atoms. The molecule has 17 heavy (non-hydrogen) atoms. The van der Waals surface area contributed by atoms with Crippen LogP contribution in [0.5, 0.6) is 0 Å². The number of aryl methyl sites for hydroxylation is 1. The van der Waals surface area contributed by atoms with Gasteiger partial charge in [-0.15, -0.1) is 0 Å². The minimum Gasteiger partial charge on any atom is -0.481 e. The molecule has 0 saturated carbocycles. The van der Waals surface area contributed by atoms with Crippen LogP contribution in [0.3, 0.4) is 0 Å². The maximum atomic E-state index is 10.3. The summed E-state index contributed by atoms with van der Waals surface area (Å²) in [7, 11) is 0. The SMILES string of the molecule is CCc1ccc(CCNCCCC(=O)O)cc1. The van der Waals surface area contributed by atoms with Crippen molar-refractivity contribution in [2.24, 2.45) is 0 Å². The third-order valence-corrected chi connectivity index (χ3v) is 2.77. The van der Waals surface area contributed by atoms with Crippen molar-refractivity contribution >= 4 is 5.97 Å². The minimum atomic E-state index is -0.720. The Labute approximate surface area is 103 Å². The quantitative estimate of drug-likeness (QED) is 0.679. The van der Waals surface area contributed by atoms with Crippen molar-refractivity contribution in [3.05, 3.63) is 35.4 Å². The van der Waals surface area contributed by atoms with E-state index in [-0.39, 0.29) is 6.42 Å². The highest BCUT2D eigenvalue weighted by Crippen LogP contribution is 2.05. The Hall–Kier alpha value is -1.35. The molecular formula is C14H21NO2. The zero-order chi connectivity index (χ0) is 12.5. The van der Waals surface area contributed by atoms with E-state index in [4.69, 9.17) is 5.11 Å². The standard InChI is InChI=1S/C14H21NO2/c1-2-12-5-7-13(8-6-12)9-11-15-10-3-4-14(16)17/h5-8,15H,2-4,9-11H2,1H3,(H,16,17). The number of rotatable bonds is 8. The van der Waals surface area contributed by atoms with E-state index in [0.717, 1.165) is 25.9 Å². The molecule has 0 aliphatic heterocycles. The van der Waals surface area contributed by atoms with E-state index in [9.17, 15) is 4.79 Å². The van der Waals surface area contributed by atoms with Crippen LogP contribution >= 0.6 is 0 Å². The molecule has 0 aliphatic carbocycles. The lowest BCUT2D eigenvalue weighted by atomic mass is 10.1. The van der Waals surface area contributed by atoms with E-state index >= 15 is 0 Å². The number of hydrogen-bond acceptors (Lipinski definition) is 2. The van der Waals surface area contributed by atoms with E-state index in [1.165, 1.54) is 11.1 Å². The molecule has 0 unspecified atom stereocenters. The number of hydrogen-bond donors (Lipinski definition) is 2. The normalized spacial score (nSPS) is 10.4. The van der Waals surface area contributed by atoms with Gasteiger partial charge in [0.1, 0.15) is 0 Å². The van der Waals surface area contributed by atoms with Crippen LogP contribution in [0.2, 0.25) is 0 Å². The van der Waals surface area contributed by atoms with Crippen LogP contribution in [-0.2, 0) is 17.6 Å². The van der Waals surface area contributed by atoms with E-state index < -0.39 is 5.97 Å². The molecule has 2 N–H and O–H groups in total. The first-order valence-electron chi connectivity index (χ1n) is 6.22. The van der Waals surface area contributed by atoms with E-state index in [0.29, 0.717) is 6.42 Å². The fourth-order valence-electron chi connectivity index (χ4n) is 1.66. The van der Waals surface area contributed by atoms with Gasteiger partial charge in [0.2, 0.25) is 0 Å². The van der Waals surface area contributed by atoms with Crippen molar-refractivity contribution in [1.29, 1.82) is 0 Å². The monoisotopic (exact) mass is 235 g/mol. The Kier molecular flexibility index (Phi) is 6.33. The average Bonchev–Trinajstić information content (AvgIpc) is 2.34. The van der Waals surface area contributed by atoms with Crippen molar-refractivity contribution in [2.45, 2.75) is 32.6 Å². The zero-order valence-electron chi connectivity index (χ0n) is 10.4. The van der Waals surface area contributed by atoms with Gasteiger partial charge in [0, 0.05) is 6.42 Å². The molecule has 0 saturated heterocycles. The molecule has 1 aromatic carbocycles. The molecule has 3 nitrogen and oxygen atoms in total. The van der Waals surface area contributed by atoms with Crippen LogP contribution in [0, 0.1) is 0 Å². The Morgan fingerprint density at radius 1 is 1.18 bits per heavy atom. The largest absolute Gasteiger partial charge is 0.481 e. The van der Waals surface area contributed by atoms with Crippen molar-refractivity contribution < 1.29 is 9.90 Å². The van der Waals surface area contributed by atoms with Crippen LogP contribution in [0.15, 0.2) is 24.3 Å². The summed E-state index contributed by atoms with van der Waals surface area (Å²) in [5.74, 6) is -0.720. The Balaban J connectivity index is 2.11. The fraction of sp³-hybridized carbons (Fsp3) is 0.500. The number of carboxylic acids is 1. The van der Waals surface area contributed by atoms with Crippen LogP contribution in [0.1, 0.15) is 30.9 Å². The van der Waals surface area contributed by atoms with Crippen LogP contribution in [0.4, 0.5) is 0 Å². The van der Waals surface area contributed by atoms with Crippen LogP contribution < -0.4 is 5.32 Å². The van der Waals surface area contributed by atoms with E-state index in [2.05, 4.69) is 36.5 Å². The van der Waals surface area contributed by atoms with Gasteiger partial charge in [0.25, 0.3) is 0 Å². The van der Waals surface area contributed by atoms with Gasteiger partial charge in [-0.05, 0) is 43.5 Å². The van der Waals surface area contributed by atoms with Gasteiger partial charge in [-0.2, -0.15) is 0 Å². The lowest BCUT2D eigenvalue weighted by molar-refractivity contribution is -0.137. The van der Waals surface area contributed by atoms with Gasteiger partial charge in [0.05, 0.1) is 0 Å². The second kappa shape index (κ2) is 7.85. The van der Waals surface area contributed by atoms with Crippen molar-refractivity contribution in [3.63, 3.8) is 0 Å². The molecule has 0 atom stereocenters. The van der Waals surface area contributed by atoms with Crippen molar-refractivity contribution in [2.75, 3.05) is 13.1 Å². The minimum absolute atomic E-state index is 0.248. The van der Waals surface area contributed by atoms with E-state index in [1.807, 2.05) is 0 Å². The summed E-state index contributed by atoms with van der Waals surface area (Å²) in [6.45, 7) is 3.84. The molecule has 0 fully saturated rings. The van der Waals surface area contributed by atoms with Gasteiger partial charge in [0.15, 0.2) is 0 Å². The molecule has 0 bridgehead atoms. The summed E-state index contributed by atoms with van der Waals surface area (Å²) in [6, 6.07) is 8.66. The molecule has 0 heterocycles. The molecule has 94 valence electrons. The molecule has 3 heteroatoms. The Morgan fingerprint density at radius 2 is 1.82 bits per heavy atom. The fourth-order valence-corrected chi connectivity index (χ4v) is 1.66. The van der Waals surface area contributed by atoms with Crippen molar-refractivity contribution in [1.82, 2.24) is 5.32 Å². The van der Waals surface area contributed by atoms with Crippen LogP contribution in [0.25, 0.3) is 0 Å². The number of nitrogens with one attached hydrogen (secondary N) is 1. The predicted molar refractivity (Wildman–Crippen MR) is 69.3 cm³/mol. The van der Waals surface area contributed by atoms with E-state index in [1.54, 1.807) is 0 Å². The highest BCUT2D eigenvalue weighted by atomic mass is 16.4.